The Labute approximate surface area is 162 Å². The summed E-state index contributed by atoms with van der Waals surface area (Å²) in [5, 5.41) is 3.84. The van der Waals surface area contributed by atoms with Gasteiger partial charge in [-0.15, -0.1) is 12.4 Å². The molecule has 3 nitrogen and oxygen atoms in total. The molecule has 4 aliphatic rings. The first-order valence-electron chi connectivity index (χ1n) is 10.3. The molecule has 1 aliphatic heterocycles. The number of piperidine rings is 1. The molecule has 0 spiro atoms. The van der Waals surface area contributed by atoms with E-state index in [9.17, 15) is 4.79 Å². The largest absolute Gasteiger partial charge is 0.366 e. The summed E-state index contributed by atoms with van der Waals surface area (Å²) in [5.41, 5.74) is 11.3. The summed E-state index contributed by atoms with van der Waals surface area (Å²) in [6.45, 7) is 3.49. The first-order chi connectivity index (χ1) is 12.1. The topological polar surface area (TPSA) is 55.1 Å². The van der Waals surface area contributed by atoms with Crippen LogP contribution in [0.25, 0.3) is 0 Å². The molecule has 0 aromatic heterocycles. The van der Waals surface area contributed by atoms with E-state index in [1.165, 1.54) is 56.1 Å². The van der Waals surface area contributed by atoms with Gasteiger partial charge in [0.2, 0.25) is 5.91 Å². The second-order valence-corrected chi connectivity index (χ2v) is 9.11. The van der Waals surface area contributed by atoms with Gasteiger partial charge < -0.3 is 11.1 Å². The van der Waals surface area contributed by atoms with Crippen molar-refractivity contribution in [1.82, 2.24) is 5.32 Å². The number of nitrogens with two attached hydrogens (primary N) is 1. The van der Waals surface area contributed by atoms with Crippen LogP contribution in [0.15, 0.2) is 12.1 Å². The Morgan fingerprint density at radius 1 is 1.23 bits per heavy atom. The molecule has 1 amide bonds. The van der Waals surface area contributed by atoms with Crippen molar-refractivity contribution in [3.8, 4) is 0 Å². The molecular formula is C22H31ClN2O. The molecule has 0 radical (unpaired) electrons. The van der Waals surface area contributed by atoms with Gasteiger partial charge in [0.05, 0.1) is 0 Å². The molecule has 1 aromatic carbocycles. The predicted molar refractivity (Wildman–Crippen MR) is 107 cm³/mol. The Kier molecular flexibility index (Phi) is 4.60. The zero-order chi connectivity index (χ0) is 17.2. The quantitative estimate of drug-likeness (QED) is 0.837. The van der Waals surface area contributed by atoms with E-state index in [4.69, 9.17) is 5.73 Å². The maximum absolute atomic E-state index is 12.1. The Morgan fingerprint density at radius 2 is 2.04 bits per heavy atom. The Balaban J connectivity index is 0.00000168. The minimum atomic E-state index is -0.258. The highest BCUT2D eigenvalue weighted by atomic mass is 35.5. The van der Waals surface area contributed by atoms with Crippen molar-refractivity contribution >= 4 is 18.3 Å². The van der Waals surface area contributed by atoms with Crippen molar-refractivity contribution in [3.05, 3.63) is 34.4 Å². The van der Waals surface area contributed by atoms with Gasteiger partial charge in [-0.05, 0) is 91.6 Å². The number of benzene rings is 1. The molecule has 5 rings (SSSR count). The molecule has 1 heterocycles. The minimum absolute atomic E-state index is 0. The van der Waals surface area contributed by atoms with Crippen molar-refractivity contribution in [2.45, 2.75) is 75.7 Å². The molecule has 3 aliphatic carbocycles. The van der Waals surface area contributed by atoms with Gasteiger partial charge in [-0.2, -0.15) is 0 Å². The Hall–Kier alpha value is -1.06. The van der Waals surface area contributed by atoms with E-state index in [0.717, 1.165) is 30.4 Å². The summed E-state index contributed by atoms with van der Waals surface area (Å²) in [4.78, 5) is 12.1. The number of halogens is 1. The first-order valence-corrected chi connectivity index (χ1v) is 10.3. The molecular weight excluding hydrogens is 344 g/mol. The fourth-order valence-electron chi connectivity index (χ4n) is 6.45. The van der Waals surface area contributed by atoms with Crippen LogP contribution in [0.3, 0.4) is 0 Å². The fourth-order valence-corrected chi connectivity index (χ4v) is 6.45. The summed E-state index contributed by atoms with van der Waals surface area (Å²) < 4.78 is 0. The van der Waals surface area contributed by atoms with Crippen molar-refractivity contribution in [2.24, 2.45) is 17.6 Å². The van der Waals surface area contributed by atoms with Gasteiger partial charge in [0.1, 0.15) is 0 Å². The van der Waals surface area contributed by atoms with Crippen molar-refractivity contribution in [3.63, 3.8) is 0 Å². The number of fused-ring (bicyclic) bond motifs is 1. The lowest BCUT2D eigenvalue weighted by molar-refractivity contribution is 0.0791. The van der Waals surface area contributed by atoms with E-state index < -0.39 is 0 Å². The van der Waals surface area contributed by atoms with Crippen LogP contribution in [-0.2, 0) is 11.8 Å². The number of carbonyl (C=O) groups is 1. The monoisotopic (exact) mass is 374 g/mol. The molecule has 4 atom stereocenters. The number of hydrogen-bond acceptors (Lipinski definition) is 2. The second kappa shape index (κ2) is 6.53. The van der Waals surface area contributed by atoms with Gasteiger partial charge in [0.15, 0.2) is 0 Å². The van der Waals surface area contributed by atoms with Crippen molar-refractivity contribution in [1.29, 1.82) is 0 Å². The highest BCUT2D eigenvalue weighted by Gasteiger charge is 2.52. The van der Waals surface area contributed by atoms with Gasteiger partial charge >= 0.3 is 0 Å². The molecule has 2 saturated carbocycles. The van der Waals surface area contributed by atoms with Gasteiger partial charge in [-0.25, -0.2) is 0 Å². The van der Waals surface area contributed by atoms with Gasteiger partial charge in [0.25, 0.3) is 0 Å². The molecule has 4 heteroatoms. The molecule has 1 saturated heterocycles. The van der Waals surface area contributed by atoms with Crippen LogP contribution >= 0.6 is 12.4 Å². The van der Waals surface area contributed by atoms with Crippen LogP contribution in [0.5, 0.6) is 0 Å². The summed E-state index contributed by atoms with van der Waals surface area (Å²) in [6.07, 6.45) is 10.4. The van der Waals surface area contributed by atoms with E-state index in [1.807, 2.05) is 0 Å². The van der Waals surface area contributed by atoms with Crippen LogP contribution in [0, 0.1) is 11.8 Å². The first kappa shape index (κ1) is 18.3. The third kappa shape index (κ3) is 2.62. The summed E-state index contributed by atoms with van der Waals surface area (Å²) in [6, 6.07) is 4.96. The average molecular weight is 375 g/mol. The third-order valence-corrected chi connectivity index (χ3v) is 7.91. The molecule has 2 bridgehead atoms. The lowest BCUT2D eigenvalue weighted by Crippen LogP contribution is -2.59. The maximum atomic E-state index is 12.1. The van der Waals surface area contributed by atoms with Crippen LogP contribution in [-0.4, -0.2) is 18.5 Å². The number of amides is 1. The van der Waals surface area contributed by atoms with Crippen molar-refractivity contribution in [2.75, 3.05) is 6.54 Å². The van der Waals surface area contributed by atoms with Crippen LogP contribution < -0.4 is 11.1 Å². The zero-order valence-electron chi connectivity index (χ0n) is 15.7. The lowest BCUT2D eigenvalue weighted by atomic mass is 9.52. The van der Waals surface area contributed by atoms with E-state index in [0.29, 0.717) is 17.4 Å². The van der Waals surface area contributed by atoms with Gasteiger partial charge in [-0.1, -0.05) is 19.8 Å². The van der Waals surface area contributed by atoms with Crippen molar-refractivity contribution < 1.29 is 4.79 Å². The molecule has 1 aromatic rings. The van der Waals surface area contributed by atoms with E-state index in [-0.39, 0.29) is 18.3 Å². The average Bonchev–Trinajstić information content (AvgIpc) is 3.45. The number of carbonyl (C=O) groups excluding carboxylic acids is 1. The highest BCUT2D eigenvalue weighted by Crippen LogP contribution is 2.56. The van der Waals surface area contributed by atoms with Crippen LogP contribution in [0.1, 0.15) is 84.8 Å². The number of nitrogens with one attached hydrogen (secondary N) is 1. The number of primary amides is 1. The highest BCUT2D eigenvalue weighted by molar-refractivity contribution is 5.93. The van der Waals surface area contributed by atoms with Crippen LogP contribution in [0.2, 0.25) is 0 Å². The van der Waals surface area contributed by atoms with E-state index in [1.54, 1.807) is 5.56 Å². The molecule has 142 valence electrons. The lowest BCUT2D eigenvalue weighted by Gasteiger charge is -2.56. The normalized spacial score (nSPS) is 33.4. The minimum Gasteiger partial charge on any atom is -0.366 e. The zero-order valence-corrected chi connectivity index (χ0v) is 16.5. The maximum Gasteiger partial charge on any atom is 0.248 e. The molecule has 3 N–H and O–H groups in total. The van der Waals surface area contributed by atoms with Gasteiger partial charge in [0, 0.05) is 17.0 Å². The van der Waals surface area contributed by atoms with E-state index in [2.05, 4.69) is 24.4 Å². The Bertz CT molecular complexity index is 725. The molecule has 26 heavy (non-hydrogen) atoms. The summed E-state index contributed by atoms with van der Waals surface area (Å²) in [5.74, 6) is 1.86. The van der Waals surface area contributed by atoms with Gasteiger partial charge in [-0.3, -0.25) is 4.79 Å². The number of hydrogen-bond donors (Lipinski definition) is 2. The summed E-state index contributed by atoms with van der Waals surface area (Å²) >= 11 is 0. The summed E-state index contributed by atoms with van der Waals surface area (Å²) in [7, 11) is 0. The third-order valence-electron chi connectivity index (χ3n) is 7.91. The SMILES string of the molecule is C[C@@H](c1cc(C(N)=O)cc2c1CC1NCCC23CCCCC13)C1CC1.Cl. The Morgan fingerprint density at radius 3 is 2.77 bits per heavy atom. The van der Waals surface area contributed by atoms with Crippen LogP contribution in [0.4, 0.5) is 0 Å². The second-order valence-electron chi connectivity index (χ2n) is 9.11. The number of rotatable bonds is 3. The predicted octanol–water partition coefficient (Wildman–Crippen LogP) is 4.07. The smallest absolute Gasteiger partial charge is 0.248 e. The molecule has 3 unspecified atom stereocenters. The molecule has 3 fully saturated rings. The standard InChI is InChI=1S/C22H30N2O.ClH/c1-13(14-5-6-14)16-10-15(21(23)25)11-19-17(16)12-20-18-4-2-3-7-22(18,19)8-9-24-20;/h10-11,13-14,18,20,24H,2-9,12H2,1H3,(H2,23,25);1H/t13-,18?,20?,22?;/m1./s1. The van der Waals surface area contributed by atoms with E-state index >= 15 is 0 Å². The fraction of sp³-hybridized carbons (Fsp3) is 0.682.